The quantitative estimate of drug-likeness (QED) is 0.621. The Morgan fingerprint density at radius 1 is 1.15 bits per heavy atom. The number of carbonyl (C=O) groups excluding carboxylic acids is 1. The molecule has 2 aromatic heterocycles. The van der Waals surface area contributed by atoms with E-state index in [4.69, 9.17) is 32.7 Å². The Balaban J connectivity index is 1.92. The van der Waals surface area contributed by atoms with Gasteiger partial charge in [-0.05, 0) is 18.2 Å². The maximum Gasteiger partial charge on any atom is 0.341 e. The summed E-state index contributed by atoms with van der Waals surface area (Å²) in [5, 5.41) is 5.45. The molecule has 0 spiro atoms. The molecule has 7 nitrogen and oxygen atoms in total. The number of rotatable bonds is 3. The van der Waals surface area contributed by atoms with Crippen molar-refractivity contribution < 1.29 is 14.3 Å². The molecule has 1 fully saturated rings. The minimum Gasteiger partial charge on any atom is -0.465 e. The van der Waals surface area contributed by atoms with Gasteiger partial charge in [0.1, 0.15) is 5.56 Å². The highest BCUT2D eigenvalue weighted by Gasteiger charge is 2.25. The van der Waals surface area contributed by atoms with Crippen molar-refractivity contribution in [2.75, 3.05) is 38.3 Å². The molecule has 140 valence electrons. The van der Waals surface area contributed by atoms with Gasteiger partial charge in [-0.2, -0.15) is 5.10 Å². The molecule has 1 aliphatic heterocycles. The minimum atomic E-state index is -0.457. The first-order valence-electron chi connectivity index (χ1n) is 8.32. The van der Waals surface area contributed by atoms with Gasteiger partial charge in [0.05, 0.1) is 44.1 Å². The van der Waals surface area contributed by atoms with Gasteiger partial charge in [-0.25, -0.2) is 14.3 Å². The van der Waals surface area contributed by atoms with Gasteiger partial charge < -0.3 is 14.4 Å². The van der Waals surface area contributed by atoms with E-state index in [2.05, 4.69) is 15.0 Å². The van der Waals surface area contributed by atoms with Crippen LogP contribution < -0.4 is 4.90 Å². The van der Waals surface area contributed by atoms with Crippen molar-refractivity contribution in [2.24, 2.45) is 0 Å². The van der Waals surface area contributed by atoms with Gasteiger partial charge in [0.15, 0.2) is 5.65 Å². The third-order valence-electron chi connectivity index (χ3n) is 4.40. The third kappa shape index (κ3) is 3.34. The van der Waals surface area contributed by atoms with Crippen molar-refractivity contribution in [3.63, 3.8) is 0 Å². The van der Waals surface area contributed by atoms with Crippen LogP contribution in [0.15, 0.2) is 30.6 Å². The van der Waals surface area contributed by atoms with Crippen LogP contribution >= 0.6 is 23.2 Å². The van der Waals surface area contributed by atoms with Crippen LogP contribution in [0, 0.1) is 0 Å². The number of aromatic nitrogens is 3. The summed E-state index contributed by atoms with van der Waals surface area (Å²) in [5.41, 5.74) is 3.12. The van der Waals surface area contributed by atoms with Gasteiger partial charge in [-0.1, -0.05) is 23.2 Å². The molecule has 0 atom stereocenters. The minimum absolute atomic E-state index is 0.369. The van der Waals surface area contributed by atoms with Crippen LogP contribution in [0.25, 0.3) is 16.9 Å². The van der Waals surface area contributed by atoms with E-state index in [-0.39, 0.29) is 0 Å². The fraction of sp³-hybridized carbons (Fsp3) is 0.278. The van der Waals surface area contributed by atoms with Crippen LogP contribution in [-0.2, 0) is 9.47 Å². The number of ether oxygens (including phenoxy) is 2. The van der Waals surface area contributed by atoms with Crippen LogP contribution in [-0.4, -0.2) is 54.0 Å². The van der Waals surface area contributed by atoms with Crippen molar-refractivity contribution in [1.29, 1.82) is 0 Å². The Morgan fingerprint density at radius 2 is 1.85 bits per heavy atom. The lowest BCUT2D eigenvalue weighted by atomic mass is 10.1. The Bertz CT molecular complexity index is 995. The Kier molecular flexibility index (Phi) is 4.90. The normalized spacial score (nSPS) is 14.6. The van der Waals surface area contributed by atoms with Gasteiger partial charge in [-0.15, -0.1) is 0 Å². The number of carbonyl (C=O) groups is 1. The van der Waals surface area contributed by atoms with E-state index in [1.54, 1.807) is 28.9 Å². The molecular formula is C18H16Cl2N4O3. The number of imidazole rings is 1. The van der Waals surface area contributed by atoms with Gasteiger partial charge >= 0.3 is 5.97 Å². The Hall–Kier alpha value is -2.35. The molecule has 0 N–H and O–H groups in total. The predicted octanol–water partition coefficient (Wildman–Crippen LogP) is 3.33. The van der Waals surface area contributed by atoms with Crippen molar-refractivity contribution in [2.45, 2.75) is 0 Å². The SMILES string of the molecule is COC(=O)c1cnn2c(-c3cc(Cl)cc(Cl)c3)cnc2c1N1CCOCC1. The lowest BCUT2D eigenvalue weighted by Crippen LogP contribution is -2.37. The summed E-state index contributed by atoms with van der Waals surface area (Å²) in [6.07, 6.45) is 3.19. The second-order valence-corrected chi connectivity index (χ2v) is 6.91. The number of methoxy groups -OCH3 is 1. The first kappa shape index (κ1) is 18.0. The summed E-state index contributed by atoms with van der Waals surface area (Å²) in [5.74, 6) is -0.457. The fourth-order valence-corrected chi connectivity index (χ4v) is 3.70. The second-order valence-electron chi connectivity index (χ2n) is 6.03. The largest absolute Gasteiger partial charge is 0.465 e. The zero-order valence-corrected chi connectivity index (χ0v) is 16.0. The molecule has 27 heavy (non-hydrogen) atoms. The van der Waals surface area contributed by atoms with Crippen molar-refractivity contribution in [3.8, 4) is 11.3 Å². The summed E-state index contributed by atoms with van der Waals surface area (Å²) in [6, 6.07) is 5.25. The number of halogens is 2. The number of anilines is 1. The van der Waals surface area contributed by atoms with Gasteiger partial charge in [0.2, 0.25) is 0 Å². The van der Waals surface area contributed by atoms with E-state index in [1.807, 2.05) is 0 Å². The molecule has 9 heteroatoms. The number of hydrogen-bond acceptors (Lipinski definition) is 6. The van der Waals surface area contributed by atoms with E-state index >= 15 is 0 Å². The molecule has 0 amide bonds. The number of esters is 1. The second kappa shape index (κ2) is 7.34. The molecule has 0 radical (unpaired) electrons. The van der Waals surface area contributed by atoms with Crippen molar-refractivity contribution in [3.05, 3.63) is 46.2 Å². The van der Waals surface area contributed by atoms with Gasteiger partial charge in [0.25, 0.3) is 0 Å². The highest BCUT2D eigenvalue weighted by Crippen LogP contribution is 2.32. The molecule has 0 bridgehead atoms. The molecule has 0 unspecified atom stereocenters. The Morgan fingerprint density at radius 3 is 2.52 bits per heavy atom. The highest BCUT2D eigenvalue weighted by atomic mass is 35.5. The first-order valence-corrected chi connectivity index (χ1v) is 9.08. The lowest BCUT2D eigenvalue weighted by molar-refractivity contribution is 0.0599. The number of morpholine rings is 1. The first-order chi connectivity index (χ1) is 13.1. The van der Waals surface area contributed by atoms with E-state index in [9.17, 15) is 4.79 Å². The molecular weight excluding hydrogens is 391 g/mol. The number of hydrogen-bond donors (Lipinski definition) is 0. The summed E-state index contributed by atoms with van der Waals surface area (Å²) in [6.45, 7) is 2.45. The summed E-state index contributed by atoms with van der Waals surface area (Å²) in [4.78, 5) is 18.9. The topological polar surface area (TPSA) is 69.0 Å². The molecule has 1 aliphatic rings. The molecule has 3 aromatic rings. The maximum atomic E-state index is 12.3. The van der Waals surface area contributed by atoms with Crippen LogP contribution in [0.2, 0.25) is 10.0 Å². The molecule has 0 aliphatic carbocycles. The third-order valence-corrected chi connectivity index (χ3v) is 4.83. The molecule has 3 heterocycles. The molecule has 4 rings (SSSR count). The van der Waals surface area contributed by atoms with Crippen molar-refractivity contribution >= 4 is 40.5 Å². The number of benzene rings is 1. The molecule has 1 saturated heterocycles. The predicted molar refractivity (Wildman–Crippen MR) is 103 cm³/mol. The average molecular weight is 407 g/mol. The maximum absolute atomic E-state index is 12.3. The number of nitrogens with zero attached hydrogens (tertiary/aromatic N) is 4. The van der Waals surface area contributed by atoms with Crippen LogP contribution in [0.5, 0.6) is 0 Å². The average Bonchev–Trinajstić information content (AvgIpc) is 3.10. The zero-order valence-electron chi connectivity index (χ0n) is 14.5. The van der Waals surface area contributed by atoms with Crippen LogP contribution in [0.1, 0.15) is 10.4 Å². The number of fused-ring (bicyclic) bond motifs is 1. The fourth-order valence-electron chi connectivity index (χ4n) is 3.18. The Labute approximate surface area is 165 Å². The van der Waals surface area contributed by atoms with E-state index in [1.165, 1.54) is 13.3 Å². The molecule has 0 saturated carbocycles. The summed E-state index contributed by atoms with van der Waals surface area (Å²) < 4.78 is 12.0. The van der Waals surface area contributed by atoms with Crippen LogP contribution in [0.4, 0.5) is 5.69 Å². The van der Waals surface area contributed by atoms with Crippen molar-refractivity contribution in [1.82, 2.24) is 14.6 Å². The highest BCUT2D eigenvalue weighted by molar-refractivity contribution is 6.35. The summed E-state index contributed by atoms with van der Waals surface area (Å²) in [7, 11) is 1.35. The van der Waals surface area contributed by atoms with Gasteiger partial charge in [-0.3, -0.25) is 0 Å². The zero-order chi connectivity index (χ0) is 19.0. The molecule has 1 aromatic carbocycles. The standard InChI is InChI=1S/C18H16Cl2N4O3/c1-26-18(25)14-9-22-24-15(11-6-12(19)8-13(20)7-11)10-21-17(24)16(14)23-2-4-27-5-3-23/h6-10H,2-5H2,1H3. The van der Waals surface area contributed by atoms with E-state index in [0.29, 0.717) is 53.2 Å². The van der Waals surface area contributed by atoms with E-state index in [0.717, 1.165) is 11.3 Å². The van der Waals surface area contributed by atoms with Crippen LogP contribution in [0.3, 0.4) is 0 Å². The lowest BCUT2D eigenvalue weighted by Gasteiger charge is -2.30. The van der Waals surface area contributed by atoms with Gasteiger partial charge in [0, 0.05) is 28.7 Å². The monoisotopic (exact) mass is 406 g/mol. The van der Waals surface area contributed by atoms with E-state index < -0.39 is 5.97 Å². The smallest absolute Gasteiger partial charge is 0.341 e. The summed E-state index contributed by atoms with van der Waals surface area (Å²) >= 11 is 12.3.